The van der Waals surface area contributed by atoms with Gasteiger partial charge in [-0.25, -0.2) is 0 Å². The summed E-state index contributed by atoms with van der Waals surface area (Å²) in [6.07, 6.45) is 4.51. The van der Waals surface area contributed by atoms with E-state index in [4.69, 9.17) is 14.4 Å². The van der Waals surface area contributed by atoms with E-state index in [9.17, 15) is 0 Å². The zero-order chi connectivity index (χ0) is 13.1. The van der Waals surface area contributed by atoms with E-state index in [0.29, 0.717) is 29.9 Å². The summed E-state index contributed by atoms with van der Waals surface area (Å²) in [6.45, 7) is 1.55. The van der Waals surface area contributed by atoms with Crippen LogP contribution in [0.2, 0.25) is 0 Å². The summed E-state index contributed by atoms with van der Waals surface area (Å²) in [7, 11) is 0. The Labute approximate surface area is 110 Å². The van der Waals surface area contributed by atoms with Gasteiger partial charge in [-0.1, -0.05) is 5.16 Å². The summed E-state index contributed by atoms with van der Waals surface area (Å²) >= 11 is 0. The van der Waals surface area contributed by atoms with Gasteiger partial charge in [0.1, 0.15) is 24.7 Å². The van der Waals surface area contributed by atoms with E-state index in [0.717, 1.165) is 18.5 Å². The van der Waals surface area contributed by atoms with Gasteiger partial charge in [-0.05, 0) is 19.0 Å². The Hall–Kier alpha value is -1.92. The van der Waals surface area contributed by atoms with E-state index in [2.05, 4.69) is 15.5 Å². The molecule has 2 N–H and O–H groups in total. The molecule has 1 saturated heterocycles. The van der Waals surface area contributed by atoms with Gasteiger partial charge < -0.3 is 19.7 Å². The summed E-state index contributed by atoms with van der Waals surface area (Å²) in [5.41, 5.74) is 1.45. The third-order valence-corrected chi connectivity index (χ3v) is 3.10. The van der Waals surface area contributed by atoms with Crippen molar-refractivity contribution in [2.45, 2.75) is 19.1 Å². The summed E-state index contributed by atoms with van der Waals surface area (Å²) in [6, 6.07) is 4.00. The van der Waals surface area contributed by atoms with Crippen LogP contribution < -0.4 is 10.1 Å². The second kappa shape index (κ2) is 5.38. The van der Waals surface area contributed by atoms with Gasteiger partial charge in [0.15, 0.2) is 5.76 Å². The quantitative estimate of drug-likeness (QED) is 0.834. The standard InChI is InChI=1S/C13H15N3O3/c17-7-12-4-13(16-19-12)9-3-11(6-14-5-9)18-8-10-1-2-15-10/h3-6,10,15,17H,1-2,7-8H2/t10-/m0/s1. The lowest BCUT2D eigenvalue weighted by atomic mass is 10.1. The van der Waals surface area contributed by atoms with Gasteiger partial charge in [-0.15, -0.1) is 0 Å². The van der Waals surface area contributed by atoms with Gasteiger partial charge >= 0.3 is 0 Å². The predicted molar refractivity (Wildman–Crippen MR) is 67.6 cm³/mol. The van der Waals surface area contributed by atoms with E-state index in [1.165, 1.54) is 0 Å². The van der Waals surface area contributed by atoms with Gasteiger partial charge in [-0.3, -0.25) is 4.98 Å². The molecule has 1 aliphatic heterocycles. The van der Waals surface area contributed by atoms with Gasteiger partial charge in [-0.2, -0.15) is 0 Å². The van der Waals surface area contributed by atoms with Gasteiger partial charge in [0.2, 0.25) is 0 Å². The van der Waals surface area contributed by atoms with Crippen molar-refractivity contribution in [3.05, 3.63) is 30.3 Å². The lowest BCUT2D eigenvalue weighted by molar-refractivity contribution is 0.217. The number of aliphatic hydroxyl groups is 1. The molecule has 3 rings (SSSR count). The lowest BCUT2D eigenvalue weighted by Crippen LogP contribution is -2.46. The number of rotatable bonds is 5. The molecule has 2 aromatic rings. The molecule has 0 aliphatic carbocycles. The van der Waals surface area contributed by atoms with Crippen LogP contribution in [0.15, 0.2) is 29.0 Å². The van der Waals surface area contributed by atoms with Crippen LogP contribution in [0.3, 0.4) is 0 Å². The van der Waals surface area contributed by atoms with E-state index < -0.39 is 0 Å². The monoisotopic (exact) mass is 261 g/mol. The second-order valence-corrected chi connectivity index (χ2v) is 4.50. The first-order chi connectivity index (χ1) is 9.35. The molecule has 3 heterocycles. The predicted octanol–water partition coefficient (Wildman–Crippen LogP) is 0.970. The van der Waals surface area contributed by atoms with Crippen LogP contribution in [-0.2, 0) is 6.61 Å². The first-order valence-electron chi connectivity index (χ1n) is 6.23. The molecule has 0 amide bonds. The minimum Gasteiger partial charge on any atom is -0.490 e. The number of hydrogen-bond acceptors (Lipinski definition) is 6. The summed E-state index contributed by atoms with van der Waals surface area (Å²) in [5, 5.41) is 16.1. The Morgan fingerprint density at radius 3 is 3.00 bits per heavy atom. The van der Waals surface area contributed by atoms with Crippen LogP contribution in [-0.4, -0.2) is 34.4 Å². The Kier molecular flexibility index (Phi) is 3.43. The fourth-order valence-corrected chi connectivity index (χ4v) is 1.85. The number of aliphatic hydroxyl groups excluding tert-OH is 1. The highest BCUT2D eigenvalue weighted by molar-refractivity contribution is 5.59. The van der Waals surface area contributed by atoms with E-state index in [1.54, 1.807) is 18.5 Å². The highest BCUT2D eigenvalue weighted by Crippen LogP contribution is 2.22. The van der Waals surface area contributed by atoms with Crippen LogP contribution in [0.4, 0.5) is 0 Å². The number of aromatic nitrogens is 2. The zero-order valence-corrected chi connectivity index (χ0v) is 10.4. The fourth-order valence-electron chi connectivity index (χ4n) is 1.85. The van der Waals surface area contributed by atoms with E-state index in [-0.39, 0.29) is 6.61 Å². The Morgan fingerprint density at radius 2 is 2.32 bits per heavy atom. The van der Waals surface area contributed by atoms with Crippen molar-refractivity contribution in [2.24, 2.45) is 0 Å². The molecule has 2 aromatic heterocycles. The Bertz CT molecular complexity index is 552. The number of nitrogens with zero attached hydrogens (tertiary/aromatic N) is 2. The third kappa shape index (κ3) is 2.74. The number of ether oxygens (including phenoxy) is 1. The topological polar surface area (TPSA) is 80.4 Å². The van der Waals surface area contributed by atoms with Gasteiger partial charge in [0, 0.05) is 23.9 Å². The molecule has 1 atom stereocenters. The summed E-state index contributed by atoms with van der Waals surface area (Å²) < 4.78 is 10.6. The molecule has 0 bridgehead atoms. The minimum absolute atomic E-state index is 0.163. The van der Waals surface area contributed by atoms with Crippen molar-refractivity contribution in [3.63, 3.8) is 0 Å². The molecule has 0 unspecified atom stereocenters. The maximum absolute atomic E-state index is 8.95. The van der Waals surface area contributed by atoms with Crippen molar-refractivity contribution in [1.29, 1.82) is 0 Å². The highest BCUT2D eigenvalue weighted by atomic mass is 16.5. The van der Waals surface area contributed by atoms with Gasteiger partial charge in [0.25, 0.3) is 0 Å². The molecule has 0 spiro atoms. The number of pyridine rings is 1. The largest absolute Gasteiger partial charge is 0.490 e. The number of hydrogen-bond donors (Lipinski definition) is 2. The fraction of sp³-hybridized carbons (Fsp3) is 0.385. The van der Waals surface area contributed by atoms with E-state index in [1.807, 2.05) is 6.07 Å². The molecular weight excluding hydrogens is 246 g/mol. The maximum Gasteiger partial charge on any atom is 0.162 e. The van der Waals surface area contributed by atoms with Crippen molar-refractivity contribution < 1.29 is 14.4 Å². The Balaban J connectivity index is 1.71. The van der Waals surface area contributed by atoms with Crippen molar-refractivity contribution >= 4 is 0 Å². The minimum atomic E-state index is -0.163. The van der Waals surface area contributed by atoms with Crippen molar-refractivity contribution in [2.75, 3.05) is 13.2 Å². The van der Waals surface area contributed by atoms with Crippen LogP contribution in [0.25, 0.3) is 11.3 Å². The summed E-state index contributed by atoms with van der Waals surface area (Å²) in [5.74, 6) is 1.14. The molecule has 1 fully saturated rings. The molecule has 6 nitrogen and oxygen atoms in total. The first-order valence-corrected chi connectivity index (χ1v) is 6.23. The molecule has 6 heteroatoms. The molecule has 0 radical (unpaired) electrons. The second-order valence-electron chi connectivity index (χ2n) is 4.50. The third-order valence-electron chi connectivity index (χ3n) is 3.10. The molecule has 19 heavy (non-hydrogen) atoms. The first kappa shape index (κ1) is 12.1. The molecule has 1 aliphatic rings. The average Bonchev–Trinajstić information content (AvgIpc) is 2.86. The normalized spacial score (nSPS) is 18.1. The van der Waals surface area contributed by atoms with Crippen LogP contribution >= 0.6 is 0 Å². The zero-order valence-electron chi connectivity index (χ0n) is 10.4. The average molecular weight is 261 g/mol. The number of nitrogens with one attached hydrogen (secondary N) is 1. The molecule has 100 valence electrons. The van der Waals surface area contributed by atoms with Crippen molar-refractivity contribution in [1.82, 2.24) is 15.5 Å². The lowest BCUT2D eigenvalue weighted by Gasteiger charge is -2.27. The van der Waals surface area contributed by atoms with Gasteiger partial charge in [0.05, 0.1) is 6.20 Å². The molecule has 0 saturated carbocycles. The van der Waals surface area contributed by atoms with Crippen LogP contribution in [0.1, 0.15) is 12.2 Å². The highest BCUT2D eigenvalue weighted by Gasteiger charge is 2.16. The molecular formula is C13H15N3O3. The van der Waals surface area contributed by atoms with Crippen LogP contribution in [0.5, 0.6) is 5.75 Å². The smallest absolute Gasteiger partial charge is 0.162 e. The van der Waals surface area contributed by atoms with E-state index >= 15 is 0 Å². The Morgan fingerprint density at radius 1 is 1.42 bits per heavy atom. The van der Waals surface area contributed by atoms with Crippen molar-refractivity contribution in [3.8, 4) is 17.0 Å². The maximum atomic E-state index is 8.95. The molecule has 0 aromatic carbocycles. The summed E-state index contributed by atoms with van der Waals surface area (Å²) in [4.78, 5) is 4.13. The van der Waals surface area contributed by atoms with Crippen LogP contribution in [0, 0.1) is 0 Å². The SMILES string of the molecule is OCc1cc(-c2cncc(OC[C@@H]3CCN3)c2)no1.